The number of hydrogen-bond donors (Lipinski definition) is 0. The van der Waals surface area contributed by atoms with Crippen molar-refractivity contribution in [3.63, 3.8) is 0 Å². The molecule has 0 atom stereocenters. The van der Waals surface area contributed by atoms with E-state index in [0.717, 1.165) is 22.1 Å². The Kier molecular flexibility index (Phi) is 11.2. The highest BCUT2D eigenvalue weighted by Gasteiger charge is 2.13. The van der Waals surface area contributed by atoms with Crippen molar-refractivity contribution in [2.75, 3.05) is 79.3 Å². The molecule has 52 heavy (non-hydrogen) atoms. The number of aromatic nitrogens is 2. The largest absolute Gasteiger partial charge is 0.491 e. The Morgan fingerprint density at radius 2 is 0.596 bits per heavy atom. The predicted octanol–water partition coefficient (Wildman–Crippen LogP) is 4.99. The van der Waals surface area contributed by atoms with Crippen LogP contribution in [0.4, 0.5) is 0 Å². The van der Waals surface area contributed by atoms with Gasteiger partial charge in [-0.3, -0.25) is 9.59 Å². The van der Waals surface area contributed by atoms with Crippen LogP contribution in [0.5, 0.6) is 23.0 Å². The molecular weight excluding hydrogens is 668 g/mol. The van der Waals surface area contributed by atoms with Gasteiger partial charge in [-0.2, -0.15) is 0 Å². The van der Waals surface area contributed by atoms with Crippen LogP contribution < -0.4 is 29.8 Å². The average molecular weight is 711 g/mol. The van der Waals surface area contributed by atoms with E-state index in [4.69, 9.17) is 37.9 Å². The average Bonchev–Trinajstić information content (AvgIpc) is 3.17. The summed E-state index contributed by atoms with van der Waals surface area (Å²) in [5.74, 6) is 2.35. The molecule has 0 unspecified atom stereocenters. The van der Waals surface area contributed by atoms with Gasteiger partial charge in [0.1, 0.15) is 49.4 Å². The molecular formula is C40H42N2O10. The molecule has 12 nitrogen and oxygen atoms in total. The Bertz CT molecular complexity index is 2000. The molecule has 0 radical (unpaired) electrons. The minimum absolute atomic E-state index is 0.0925. The molecule has 4 aromatic carbocycles. The summed E-state index contributed by atoms with van der Waals surface area (Å²) in [6, 6.07) is 22.1. The normalized spacial score (nSPS) is 16.2. The molecule has 3 heterocycles. The van der Waals surface area contributed by atoms with Crippen molar-refractivity contribution < 1.29 is 37.9 Å². The number of benzene rings is 4. The number of pyridine rings is 2. The van der Waals surface area contributed by atoms with Gasteiger partial charge >= 0.3 is 0 Å². The number of nitrogens with zero attached hydrogens (tertiary/aromatic N) is 2. The highest BCUT2D eigenvalue weighted by atomic mass is 16.6. The lowest BCUT2D eigenvalue weighted by Crippen LogP contribution is -2.14. The predicted molar refractivity (Wildman–Crippen MR) is 199 cm³/mol. The second kappa shape index (κ2) is 16.5. The molecule has 12 heteroatoms. The number of aryl methyl sites for hydroxylation is 2. The highest BCUT2D eigenvalue weighted by molar-refractivity contribution is 5.95. The third-order valence-corrected chi connectivity index (χ3v) is 9.03. The van der Waals surface area contributed by atoms with Gasteiger partial charge in [-0.1, -0.05) is 0 Å². The summed E-state index contributed by atoms with van der Waals surface area (Å²) >= 11 is 0. The Labute approximate surface area is 299 Å². The number of ether oxygens (including phenoxy) is 8. The molecule has 1 aliphatic rings. The molecule has 0 saturated heterocycles. The fourth-order valence-corrected chi connectivity index (χ4v) is 6.38. The third-order valence-electron chi connectivity index (χ3n) is 9.03. The van der Waals surface area contributed by atoms with Crippen LogP contribution in [0.1, 0.15) is 0 Å². The molecule has 6 aromatic rings. The van der Waals surface area contributed by atoms with Gasteiger partial charge in [0.15, 0.2) is 10.9 Å². The third kappa shape index (κ3) is 7.85. The Hall–Kier alpha value is -5.14. The van der Waals surface area contributed by atoms with Gasteiger partial charge in [0.05, 0.1) is 74.9 Å². The molecule has 0 fully saturated rings. The molecule has 2 aromatic heterocycles. The van der Waals surface area contributed by atoms with E-state index < -0.39 is 0 Å². The molecule has 0 amide bonds. The number of fused-ring (bicyclic) bond motifs is 4. The second-order valence-corrected chi connectivity index (χ2v) is 12.3. The monoisotopic (exact) mass is 710 g/mol. The van der Waals surface area contributed by atoms with Crippen molar-refractivity contribution in [2.24, 2.45) is 14.1 Å². The van der Waals surface area contributed by atoms with Crippen molar-refractivity contribution >= 4 is 43.6 Å². The van der Waals surface area contributed by atoms with E-state index >= 15 is 0 Å². The number of hydrogen-bond acceptors (Lipinski definition) is 10. The fourth-order valence-electron chi connectivity index (χ4n) is 6.38. The Morgan fingerprint density at radius 1 is 0.365 bits per heavy atom. The smallest absolute Gasteiger partial charge is 0.197 e. The van der Waals surface area contributed by atoms with Gasteiger partial charge in [-0.15, -0.1) is 0 Å². The van der Waals surface area contributed by atoms with Crippen molar-refractivity contribution in [2.45, 2.75) is 0 Å². The van der Waals surface area contributed by atoms with E-state index in [0.29, 0.717) is 124 Å². The van der Waals surface area contributed by atoms with Crippen molar-refractivity contribution in [3.8, 4) is 23.0 Å². The van der Waals surface area contributed by atoms with E-state index in [1.54, 1.807) is 24.3 Å². The quantitative estimate of drug-likeness (QED) is 0.200. The van der Waals surface area contributed by atoms with Gasteiger partial charge in [0, 0.05) is 35.6 Å². The van der Waals surface area contributed by atoms with Crippen LogP contribution in [0.2, 0.25) is 0 Å². The molecule has 0 aliphatic carbocycles. The van der Waals surface area contributed by atoms with E-state index in [2.05, 4.69) is 0 Å². The van der Waals surface area contributed by atoms with Gasteiger partial charge < -0.3 is 47.0 Å². The van der Waals surface area contributed by atoms with E-state index in [1.165, 1.54) is 0 Å². The summed E-state index contributed by atoms with van der Waals surface area (Å²) < 4.78 is 50.3. The van der Waals surface area contributed by atoms with Crippen LogP contribution >= 0.6 is 0 Å². The zero-order valence-corrected chi connectivity index (χ0v) is 29.4. The summed E-state index contributed by atoms with van der Waals surface area (Å²) in [6.45, 7) is 4.28. The van der Waals surface area contributed by atoms with Crippen molar-refractivity contribution in [3.05, 3.63) is 93.2 Å². The summed E-state index contributed by atoms with van der Waals surface area (Å²) in [6.07, 6.45) is 0. The maximum absolute atomic E-state index is 13.6. The molecule has 0 saturated carbocycles. The SMILES string of the molecule is Cn1c2ccc3cc2c(=O)c2cc(ccc21)OCCOCCOCCOc1ccc2c(c1)c(=O)c1cc(ccc1n2C)OCCOCCOCCO3. The standard InChI is InChI=1S/C40H42N2O10/c1-41-35-7-3-27-23-31(35)39(43)32-24-28(4-8-36(32)41)50-20-16-46-12-14-48-18-22-52-30-6-10-38-34(26-30)40(44)33-25-29(5-9-37(33)42(38)2)51-21-17-47-13-11-45-15-19-49-27/h3-10,23-26H,11-22H2,1-2H3. The Morgan fingerprint density at radius 3 is 0.846 bits per heavy atom. The van der Waals surface area contributed by atoms with Crippen LogP contribution in [0, 0.1) is 0 Å². The topological polar surface area (TPSA) is 118 Å². The zero-order valence-electron chi connectivity index (χ0n) is 29.4. The van der Waals surface area contributed by atoms with Crippen molar-refractivity contribution in [1.82, 2.24) is 9.13 Å². The van der Waals surface area contributed by atoms with Gasteiger partial charge in [0.2, 0.25) is 0 Å². The highest BCUT2D eigenvalue weighted by Crippen LogP contribution is 2.27. The molecule has 8 bridgehead atoms. The van der Waals surface area contributed by atoms with Crippen LogP contribution in [0.15, 0.2) is 82.4 Å². The van der Waals surface area contributed by atoms with E-state index in [1.807, 2.05) is 71.8 Å². The minimum atomic E-state index is -0.0925. The molecule has 7 rings (SSSR count). The second-order valence-electron chi connectivity index (χ2n) is 12.3. The summed E-state index contributed by atoms with van der Waals surface area (Å²) in [4.78, 5) is 27.2. The van der Waals surface area contributed by atoms with Gasteiger partial charge in [-0.05, 0) is 72.8 Å². The summed E-state index contributed by atoms with van der Waals surface area (Å²) in [7, 11) is 3.87. The molecule has 1 aliphatic heterocycles. The number of rotatable bonds is 0. The lowest BCUT2D eigenvalue weighted by Gasteiger charge is -2.14. The summed E-state index contributed by atoms with van der Waals surface area (Å²) in [5, 5.41) is 2.24. The zero-order chi connectivity index (χ0) is 35.9. The molecule has 272 valence electrons. The first-order chi connectivity index (χ1) is 25.5. The van der Waals surface area contributed by atoms with Crippen molar-refractivity contribution in [1.29, 1.82) is 0 Å². The van der Waals surface area contributed by atoms with Gasteiger partial charge in [0.25, 0.3) is 0 Å². The molecule has 0 N–H and O–H groups in total. The maximum atomic E-state index is 13.6. The first-order valence-corrected chi connectivity index (χ1v) is 17.4. The first kappa shape index (κ1) is 35.3. The fraction of sp³-hybridized carbons (Fsp3) is 0.350. The van der Waals surface area contributed by atoms with E-state index in [-0.39, 0.29) is 10.9 Å². The van der Waals surface area contributed by atoms with Crippen LogP contribution in [-0.4, -0.2) is 88.4 Å². The Balaban J connectivity index is 1.02. The lowest BCUT2D eigenvalue weighted by molar-refractivity contribution is 0.0274. The van der Waals surface area contributed by atoms with Crippen LogP contribution in [0.25, 0.3) is 43.6 Å². The summed E-state index contributed by atoms with van der Waals surface area (Å²) in [5.41, 5.74) is 3.04. The maximum Gasteiger partial charge on any atom is 0.197 e. The molecule has 0 spiro atoms. The van der Waals surface area contributed by atoms with E-state index in [9.17, 15) is 9.59 Å². The van der Waals surface area contributed by atoms with Crippen LogP contribution in [-0.2, 0) is 33.0 Å². The first-order valence-electron chi connectivity index (χ1n) is 17.4. The van der Waals surface area contributed by atoms with Gasteiger partial charge in [-0.25, -0.2) is 0 Å². The lowest BCUT2D eigenvalue weighted by atomic mass is 10.1. The minimum Gasteiger partial charge on any atom is -0.491 e. The van der Waals surface area contributed by atoms with Crippen LogP contribution in [0.3, 0.4) is 0 Å².